The van der Waals surface area contributed by atoms with E-state index in [1.165, 1.54) is 10.8 Å². The van der Waals surface area contributed by atoms with Gasteiger partial charge in [0.25, 0.3) is 0 Å². The highest BCUT2D eigenvalue weighted by molar-refractivity contribution is 6.17. The van der Waals surface area contributed by atoms with Crippen LogP contribution in [-0.2, 0) is 17.8 Å². The van der Waals surface area contributed by atoms with E-state index in [0.717, 1.165) is 23.4 Å². The second-order valence-corrected chi connectivity index (χ2v) is 4.98. The first-order valence-corrected chi connectivity index (χ1v) is 7.46. The summed E-state index contributed by atoms with van der Waals surface area (Å²) < 4.78 is 11.1. The number of ether oxygens (including phenoxy) is 1. The first-order valence-electron chi connectivity index (χ1n) is 6.93. The van der Waals surface area contributed by atoms with E-state index in [4.69, 9.17) is 20.8 Å². The Kier molecular flexibility index (Phi) is 4.23. The summed E-state index contributed by atoms with van der Waals surface area (Å²) in [5, 5.41) is 2.37. The molecular formula is C17H16ClNO2. The molecule has 0 N–H and O–H groups in total. The van der Waals surface area contributed by atoms with Gasteiger partial charge in [0.05, 0.1) is 6.61 Å². The molecule has 0 atom stereocenters. The SMILES string of the molecule is CCc1oc(-c2ccc3ccccc3c2)nc1COCCl. The third-order valence-electron chi connectivity index (χ3n) is 3.41. The van der Waals surface area contributed by atoms with Crippen molar-refractivity contribution in [3.63, 3.8) is 0 Å². The third-order valence-corrected chi connectivity index (χ3v) is 3.57. The zero-order valence-electron chi connectivity index (χ0n) is 11.8. The second-order valence-electron chi connectivity index (χ2n) is 4.76. The second kappa shape index (κ2) is 6.29. The summed E-state index contributed by atoms with van der Waals surface area (Å²) in [7, 11) is 0. The first kappa shape index (κ1) is 14.1. The van der Waals surface area contributed by atoms with Gasteiger partial charge in [-0.05, 0) is 22.9 Å². The molecule has 0 unspecified atom stereocenters. The van der Waals surface area contributed by atoms with Crippen molar-refractivity contribution in [1.82, 2.24) is 4.98 Å². The van der Waals surface area contributed by atoms with Crippen molar-refractivity contribution in [3.05, 3.63) is 53.9 Å². The number of oxazole rings is 1. The molecule has 0 saturated heterocycles. The van der Waals surface area contributed by atoms with Crippen LogP contribution >= 0.6 is 11.6 Å². The average molecular weight is 302 g/mol. The molecule has 0 amide bonds. The minimum Gasteiger partial charge on any atom is -0.441 e. The van der Waals surface area contributed by atoms with Gasteiger partial charge in [0.1, 0.15) is 17.5 Å². The summed E-state index contributed by atoms with van der Waals surface area (Å²) in [6, 6.07) is 14.6. The normalized spacial score (nSPS) is 11.1. The lowest BCUT2D eigenvalue weighted by Crippen LogP contribution is -1.94. The number of fused-ring (bicyclic) bond motifs is 1. The van der Waals surface area contributed by atoms with E-state index in [1.54, 1.807) is 0 Å². The topological polar surface area (TPSA) is 35.3 Å². The van der Waals surface area contributed by atoms with E-state index in [0.29, 0.717) is 12.5 Å². The Balaban J connectivity index is 1.99. The zero-order valence-corrected chi connectivity index (χ0v) is 12.6. The van der Waals surface area contributed by atoms with Crippen molar-refractivity contribution in [1.29, 1.82) is 0 Å². The quantitative estimate of drug-likeness (QED) is 0.637. The van der Waals surface area contributed by atoms with Crippen molar-refractivity contribution < 1.29 is 9.15 Å². The minimum absolute atomic E-state index is 0.154. The lowest BCUT2D eigenvalue weighted by Gasteiger charge is -1.99. The maximum atomic E-state index is 5.86. The molecule has 4 heteroatoms. The molecule has 0 aliphatic rings. The Morgan fingerprint density at radius 2 is 1.95 bits per heavy atom. The molecular weight excluding hydrogens is 286 g/mol. The number of hydrogen-bond acceptors (Lipinski definition) is 3. The Morgan fingerprint density at radius 3 is 2.71 bits per heavy atom. The highest BCUT2D eigenvalue weighted by atomic mass is 35.5. The van der Waals surface area contributed by atoms with E-state index >= 15 is 0 Å². The van der Waals surface area contributed by atoms with Gasteiger partial charge in [-0.15, -0.1) is 0 Å². The van der Waals surface area contributed by atoms with E-state index in [-0.39, 0.29) is 6.07 Å². The summed E-state index contributed by atoms with van der Waals surface area (Å²) >= 11 is 5.56. The summed E-state index contributed by atoms with van der Waals surface area (Å²) in [6.45, 7) is 2.42. The Bertz CT molecular complexity index is 751. The summed E-state index contributed by atoms with van der Waals surface area (Å²) in [5.41, 5.74) is 1.79. The number of halogens is 1. The molecule has 1 heterocycles. The monoisotopic (exact) mass is 301 g/mol. The predicted molar refractivity (Wildman–Crippen MR) is 84.3 cm³/mol. The molecule has 3 rings (SSSR count). The fraction of sp³-hybridized carbons (Fsp3) is 0.235. The van der Waals surface area contributed by atoms with Crippen molar-refractivity contribution in [2.45, 2.75) is 20.0 Å². The van der Waals surface area contributed by atoms with Crippen LogP contribution in [0.15, 0.2) is 46.9 Å². The molecule has 108 valence electrons. The molecule has 0 bridgehead atoms. The molecule has 0 saturated carbocycles. The van der Waals surface area contributed by atoms with Crippen LogP contribution in [0.25, 0.3) is 22.2 Å². The summed E-state index contributed by atoms with van der Waals surface area (Å²) in [6.07, 6.45) is 0.779. The van der Waals surface area contributed by atoms with Crippen molar-refractivity contribution in [3.8, 4) is 11.5 Å². The Labute approximate surface area is 128 Å². The van der Waals surface area contributed by atoms with Crippen LogP contribution in [-0.4, -0.2) is 11.1 Å². The number of benzene rings is 2. The molecule has 1 aromatic heterocycles. The van der Waals surface area contributed by atoms with Crippen LogP contribution in [0.4, 0.5) is 0 Å². The van der Waals surface area contributed by atoms with E-state index in [1.807, 2.05) is 25.1 Å². The average Bonchev–Trinajstić information content (AvgIpc) is 2.95. The van der Waals surface area contributed by atoms with Gasteiger partial charge in [0.15, 0.2) is 0 Å². The maximum Gasteiger partial charge on any atom is 0.226 e. The zero-order chi connectivity index (χ0) is 14.7. The highest BCUT2D eigenvalue weighted by Crippen LogP contribution is 2.26. The molecule has 21 heavy (non-hydrogen) atoms. The van der Waals surface area contributed by atoms with E-state index < -0.39 is 0 Å². The van der Waals surface area contributed by atoms with Crippen LogP contribution in [0.3, 0.4) is 0 Å². The molecule has 0 fully saturated rings. The van der Waals surface area contributed by atoms with Gasteiger partial charge in [-0.3, -0.25) is 0 Å². The molecule has 0 aliphatic heterocycles. The summed E-state index contributed by atoms with van der Waals surface area (Å²) in [5.74, 6) is 1.48. The predicted octanol–water partition coefficient (Wildman–Crippen LogP) is 4.77. The van der Waals surface area contributed by atoms with Gasteiger partial charge >= 0.3 is 0 Å². The van der Waals surface area contributed by atoms with Crippen LogP contribution in [0.2, 0.25) is 0 Å². The first-order chi connectivity index (χ1) is 10.3. The highest BCUT2D eigenvalue weighted by Gasteiger charge is 2.13. The number of nitrogens with zero attached hydrogens (tertiary/aromatic N) is 1. The Morgan fingerprint density at radius 1 is 1.14 bits per heavy atom. The van der Waals surface area contributed by atoms with E-state index in [2.05, 4.69) is 29.2 Å². The summed E-state index contributed by atoms with van der Waals surface area (Å²) in [4.78, 5) is 4.55. The number of rotatable bonds is 5. The third kappa shape index (κ3) is 2.94. The number of aromatic nitrogens is 1. The van der Waals surface area contributed by atoms with Gasteiger partial charge in [-0.2, -0.15) is 0 Å². The molecule has 0 spiro atoms. The van der Waals surface area contributed by atoms with Crippen LogP contribution in [0, 0.1) is 0 Å². The largest absolute Gasteiger partial charge is 0.441 e. The van der Waals surface area contributed by atoms with Crippen molar-refractivity contribution in [2.75, 3.05) is 6.07 Å². The minimum atomic E-state index is 0.154. The van der Waals surface area contributed by atoms with Gasteiger partial charge in [0, 0.05) is 12.0 Å². The molecule has 2 aromatic carbocycles. The fourth-order valence-corrected chi connectivity index (χ4v) is 2.43. The smallest absolute Gasteiger partial charge is 0.226 e. The number of hydrogen-bond donors (Lipinski definition) is 0. The molecule has 3 nitrogen and oxygen atoms in total. The van der Waals surface area contributed by atoms with Crippen LogP contribution in [0.1, 0.15) is 18.4 Å². The number of aryl methyl sites for hydroxylation is 1. The van der Waals surface area contributed by atoms with Gasteiger partial charge in [-0.25, -0.2) is 4.98 Å². The van der Waals surface area contributed by atoms with Crippen LogP contribution in [0.5, 0.6) is 0 Å². The lowest BCUT2D eigenvalue weighted by atomic mass is 10.1. The molecule has 0 aliphatic carbocycles. The molecule has 3 aromatic rings. The Hall–Kier alpha value is -1.84. The van der Waals surface area contributed by atoms with Gasteiger partial charge < -0.3 is 9.15 Å². The van der Waals surface area contributed by atoms with Crippen molar-refractivity contribution in [2.24, 2.45) is 0 Å². The van der Waals surface area contributed by atoms with Crippen molar-refractivity contribution >= 4 is 22.4 Å². The standard InChI is InChI=1S/C17H16ClNO2/c1-2-16-15(10-20-11-18)19-17(21-16)14-8-7-12-5-3-4-6-13(12)9-14/h3-9H,2,10-11H2,1H3. The number of alkyl halides is 1. The lowest BCUT2D eigenvalue weighted by molar-refractivity contribution is 0.161. The van der Waals surface area contributed by atoms with Gasteiger partial charge in [0.2, 0.25) is 5.89 Å². The van der Waals surface area contributed by atoms with E-state index in [9.17, 15) is 0 Å². The molecule has 0 radical (unpaired) electrons. The van der Waals surface area contributed by atoms with Crippen LogP contribution < -0.4 is 0 Å². The van der Waals surface area contributed by atoms with Gasteiger partial charge in [-0.1, -0.05) is 48.9 Å². The maximum absolute atomic E-state index is 5.86. The fourth-order valence-electron chi connectivity index (χ4n) is 2.35.